The van der Waals surface area contributed by atoms with Gasteiger partial charge in [0.15, 0.2) is 0 Å². The summed E-state index contributed by atoms with van der Waals surface area (Å²) in [4.78, 5) is 0. The van der Waals surface area contributed by atoms with Gasteiger partial charge in [0.2, 0.25) is 0 Å². The minimum absolute atomic E-state index is 0.0346. The van der Waals surface area contributed by atoms with Crippen LogP contribution in [0.3, 0.4) is 0 Å². The molecular formula is C8H7F3O2. The molecule has 72 valence electrons. The Morgan fingerprint density at radius 2 is 1.77 bits per heavy atom. The van der Waals surface area contributed by atoms with E-state index in [1.54, 1.807) is 0 Å². The Bertz CT molecular complexity index is 307. The van der Waals surface area contributed by atoms with Crippen LogP contribution in [0.2, 0.25) is 0 Å². The van der Waals surface area contributed by atoms with Gasteiger partial charge < -0.3 is 10.2 Å². The third kappa shape index (κ3) is 2.35. The summed E-state index contributed by atoms with van der Waals surface area (Å²) in [6, 6.07) is 2.48. The molecule has 1 rings (SSSR count). The zero-order valence-corrected chi connectivity index (χ0v) is 6.47. The Labute approximate surface area is 72.2 Å². The predicted molar refractivity (Wildman–Crippen MR) is 39.0 cm³/mol. The number of halogens is 3. The molecule has 0 spiro atoms. The molecule has 2 nitrogen and oxygen atoms in total. The first kappa shape index (κ1) is 9.85. The van der Waals surface area contributed by atoms with Crippen LogP contribution in [0.15, 0.2) is 18.2 Å². The lowest BCUT2D eigenvalue weighted by Crippen LogP contribution is -2.05. The van der Waals surface area contributed by atoms with Gasteiger partial charge in [0.25, 0.3) is 0 Å². The lowest BCUT2D eigenvalue weighted by molar-refractivity contribution is -0.137. The van der Waals surface area contributed by atoms with E-state index >= 15 is 0 Å². The summed E-state index contributed by atoms with van der Waals surface area (Å²) in [6.07, 6.45) is -4.50. The number of aliphatic hydroxyl groups is 1. The molecule has 0 atom stereocenters. The minimum atomic E-state index is -4.50. The summed E-state index contributed by atoms with van der Waals surface area (Å²) < 4.78 is 36.3. The van der Waals surface area contributed by atoms with Crippen LogP contribution in [0.1, 0.15) is 11.1 Å². The van der Waals surface area contributed by atoms with Gasteiger partial charge in [0.1, 0.15) is 5.75 Å². The molecule has 13 heavy (non-hydrogen) atoms. The summed E-state index contributed by atoms with van der Waals surface area (Å²) in [5.41, 5.74) is -0.927. The largest absolute Gasteiger partial charge is 0.508 e. The number of phenols is 1. The second kappa shape index (κ2) is 3.26. The molecule has 0 saturated heterocycles. The van der Waals surface area contributed by atoms with Gasteiger partial charge in [-0.05, 0) is 23.8 Å². The fraction of sp³-hybridized carbons (Fsp3) is 0.250. The molecule has 0 fully saturated rings. The molecule has 0 amide bonds. The Kier molecular flexibility index (Phi) is 2.47. The van der Waals surface area contributed by atoms with Crippen molar-refractivity contribution in [3.63, 3.8) is 0 Å². The molecule has 0 aliphatic heterocycles. The van der Waals surface area contributed by atoms with Crippen LogP contribution in [0.4, 0.5) is 13.2 Å². The molecule has 0 bridgehead atoms. The third-order valence-corrected chi connectivity index (χ3v) is 1.49. The number of hydrogen-bond acceptors (Lipinski definition) is 2. The van der Waals surface area contributed by atoms with Gasteiger partial charge in [-0.2, -0.15) is 13.2 Å². The zero-order valence-electron chi connectivity index (χ0n) is 6.47. The first-order chi connectivity index (χ1) is 5.93. The minimum Gasteiger partial charge on any atom is -0.508 e. The van der Waals surface area contributed by atoms with Crippen molar-refractivity contribution in [3.8, 4) is 5.75 Å². The van der Waals surface area contributed by atoms with E-state index in [1.807, 2.05) is 0 Å². The maximum absolute atomic E-state index is 12.1. The number of aromatic hydroxyl groups is 1. The Hall–Kier alpha value is -1.23. The first-order valence-electron chi connectivity index (χ1n) is 3.44. The Morgan fingerprint density at radius 3 is 2.23 bits per heavy atom. The van der Waals surface area contributed by atoms with Gasteiger partial charge in [-0.1, -0.05) is 0 Å². The van der Waals surface area contributed by atoms with E-state index in [9.17, 15) is 13.2 Å². The Balaban J connectivity index is 3.16. The molecular weight excluding hydrogens is 185 g/mol. The van der Waals surface area contributed by atoms with Crippen LogP contribution >= 0.6 is 0 Å². The lowest BCUT2D eigenvalue weighted by atomic mass is 10.1. The van der Waals surface area contributed by atoms with E-state index in [0.717, 1.165) is 12.1 Å². The average molecular weight is 192 g/mol. The number of phenolic OH excluding ortho intramolecular Hbond substituents is 1. The van der Waals surface area contributed by atoms with E-state index < -0.39 is 24.1 Å². The van der Waals surface area contributed by atoms with Crippen LogP contribution in [-0.2, 0) is 12.8 Å². The van der Waals surface area contributed by atoms with Crippen LogP contribution in [-0.4, -0.2) is 10.2 Å². The van der Waals surface area contributed by atoms with E-state index in [2.05, 4.69) is 0 Å². The van der Waals surface area contributed by atoms with Gasteiger partial charge in [0.05, 0.1) is 12.2 Å². The summed E-state index contributed by atoms with van der Waals surface area (Å²) in [5, 5.41) is 17.5. The summed E-state index contributed by atoms with van der Waals surface area (Å²) in [6.45, 7) is -0.530. The fourth-order valence-corrected chi connectivity index (χ4v) is 0.929. The van der Waals surface area contributed by atoms with Gasteiger partial charge in [0, 0.05) is 0 Å². The average Bonchev–Trinajstić information content (AvgIpc) is 2.01. The van der Waals surface area contributed by atoms with Crippen molar-refractivity contribution in [2.75, 3.05) is 0 Å². The molecule has 2 N–H and O–H groups in total. The number of alkyl halides is 3. The smallest absolute Gasteiger partial charge is 0.416 e. The van der Waals surface area contributed by atoms with Crippen molar-refractivity contribution >= 4 is 0 Å². The van der Waals surface area contributed by atoms with E-state index in [4.69, 9.17) is 10.2 Å². The van der Waals surface area contributed by atoms with E-state index in [1.165, 1.54) is 0 Å². The zero-order chi connectivity index (χ0) is 10.1. The summed E-state index contributed by atoms with van der Waals surface area (Å²) >= 11 is 0. The van der Waals surface area contributed by atoms with Crippen LogP contribution < -0.4 is 0 Å². The summed E-state index contributed by atoms with van der Waals surface area (Å²) in [5.74, 6) is -0.501. The maximum atomic E-state index is 12.1. The molecule has 0 unspecified atom stereocenters. The van der Waals surface area contributed by atoms with Crippen molar-refractivity contribution in [2.24, 2.45) is 0 Å². The molecule has 5 heteroatoms. The molecule has 1 aromatic rings. The van der Waals surface area contributed by atoms with Crippen LogP contribution in [0.5, 0.6) is 5.75 Å². The summed E-state index contributed by atoms with van der Waals surface area (Å²) in [7, 11) is 0. The SMILES string of the molecule is OCc1cc(O)cc(C(F)(F)F)c1. The highest BCUT2D eigenvalue weighted by atomic mass is 19.4. The van der Waals surface area contributed by atoms with Crippen molar-refractivity contribution in [1.82, 2.24) is 0 Å². The molecule has 0 saturated carbocycles. The quantitative estimate of drug-likeness (QED) is 0.713. The highest BCUT2D eigenvalue weighted by Crippen LogP contribution is 2.32. The van der Waals surface area contributed by atoms with Gasteiger partial charge in [-0.15, -0.1) is 0 Å². The van der Waals surface area contributed by atoms with Crippen LogP contribution in [0, 0.1) is 0 Å². The van der Waals surface area contributed by atoms with Crippen molar-refractivity contribution in [1.29, 1.82) is 0 Å². The van der Waals surface area contributed by atoms with Gasteiger partial charge in [-0.25, -0.2) is 0 Å². The van der Waals surface area contributed by atoms with Gasteiger partial charge >= 0.3 is 6.18 Å². The fourth-order valence-electron chi connectivity index (χ4n) is 0.929. The molecule has 1 aromatic carbocycles. The molecule has 0 aromatic heterocycles. The van der Waals surface area contributed by atoms with E-state index in [0.29, 0.717) is 6.07 Å². The highest BCUT2D eigenvalue weighted by Gasteiger charge is 2.31. The lowest BCUT2D eigenvalue weighted by Gasteiger charge is -2.08. The standard InChI is InChI=1S/C8H7F3O2/c9-8(10,11)6-1-5(4-12)2-7(13)3-6/h1-3,12-13H,4H2. The van der Waals surface area contributed by atoms with Crippen molar-refractivity contribution in [3.05, 3.63) is 29.3 Å². The van der Waals surface area contributed by atoms with E-state index in [-0.39, 0.29) is 5.56 Å². The normalized spacial score (nSPS) is 11.7. The predicted octanol–water partition coefficient (Wildman–Crippen LogP) is 1.90. The molecule has 0 aliphatic rings. The second-order valence-electron chi connectivity index (χ2n) is 2.54. The van der Waals surface area contributed by atoms with Crippen LogP contribution in [0.25, 0.3) is 0 Å². The first-order valence-corrected chi connectivity index (χ1v) is 3.44. The van der Waals surface area contributed by atoms with Crippen molar-refractivity contribution < 1.29 is 23.4 Å². The maximum Gasteiger partial charge on any atom is 0.416 e. The Morgan fingerprint density at radius 1 is 1.15 bits per heavy atom. The third-order valence-electron chi connectivity index (χ3n) is 1.49. The molecule has 0 radical (unpaired) electrons. The number of rotatable bonds is 1. The topological polar surface area (TPSA) is 40.5 Å². The second-order valence-corrected chi connectivity index (χ2v) is 2.54. The van der Waals surface area contributed by atoms with Gasteiger partial charge in [-0.3, -0.25) is 0 Å². The monoisotopic (exact) mass is 192 g/mol. The number of hydrogen-bond donors (Lipinski definition) is 2. The molecule has 0 heterocycles. The molecule has 0 aliphatic carbocycles. The van der Waals surface area contributed by atoms with Crippen molar-refractivity contribution in [2.45, 2.75) is 12.8 Å². The highest BCUT2D eigenvalue weighted by molar-refractivity contribution is 5.34. The number of aliphatic hydroxyl groups excluding tert-OH is 1. The number of benzene rings is 1.